The van der Waals surface area contributed by atoms with E-state index in [-0.39, 0.29) is 36.4 Å². The van der Waals surface area contributed by atoms with Crippen LogP contribution in [-0.2, 0) is 11.0 Å². The van der Waals surface area contributed by atoms with Crippen LogP contribution in [0.25, 0.3) is 0 Å². The van der Waals surface area contributed by atoms with E-state index in [1.54, 1.807) is 20.2 Å². The molecule has 1 aromatic carbocycles. The largest absolute Gasteiger partial charge is 0.416 e. The number of anilines is 1. The van der Waals surface area contributed by atoms with E-state index in [1.165, 1.54) is 17.0 Å². The highest BCUT2D eigenvalue weighted by Gasteiger charge is 2.31. The summed E-state index contributed by atoms with van der Waals surface area (Å²) < 4.78 is 38.7. The molecule has 0 spiro atoms. The summed E-state index contributed by atoms with van der Waals surface area (Å²) >= 11 is 0. The van der Waals surface area contributed by atoms with Crippen LogP contribution in [0.4, 0.5) is 18.9 Å². The zero-order valence-electron chi connectivity index (χ0n) is 16.3. The molecule has 0 saturated carbocycles. The highest BCUT2D eigenvalue weighted by molar-refractivity contribution is 14.0. The zero-order valence-corrected chi connectivity index (χ0v) is 18.6. The Bertz CT molecular complexity index is 673. The number of hydrogen-bond donors (Lipinski definition) is 1. The molecule has 1 fully saturated rings. The van der Waals surface area contributed by atoms with Gasteiger partial charge in [0, 0.05) is 52.5 Å². The first-order chi connectivity index (χ1) is 12.7. The fraction of sp³-hybridized carbons (Fsp3) is 0.556. The van der Waals surface area contributed by atoms with Crippen molar-refractivity contribution >= 4 is 41.5 Å². The van der Waals surface area contributed by atoms with Crippen molar-refractivity contribution in [3.8, 4) is 0 Å². The molecule has 1 aliphatic heterocycles. The molecule has 0 aliphatic carbocycles. The summed E-state index contributed by atoms with van der Waals surface area (Å²) in [6.45, 7) is 5.05. The smallest absolute Gasteiger partial charge is 0.368 e. The Hall–Kier alpha value is -1.72. The number of carbonyl (C=O) groups is 1. The Morgan fingerprint density at radius 1 is 1.21 bits per heavy atom. The molecule has 28 heavy (non-hydrogen) atoms. The third-order valence-corrected chi connectivity index (χ3v) is 4.32. The number of nitrogens with zero attached hydrogens (tertiary/aromatic N) is 4. The van der Waals surface area contributed by atoms with Gasteiger partial charge in [0.15, 0.2) is 5.96 Å². The van der Waals surface area contributed by atoms with Crippen molar-refractivity contribution in [3.63, 3.8) is 0 Å². The van der Waals surface area contributed by atoms with Crippen LogP contribution in [0, 0.1) is 0 Å². The average Bonchev–Trinajstić information content (AvgIpc) is 2.64. The number of guanidine groups is 1. The maximum atomic E-state index is 12.9. The summed E-state index contributed by atoms with van der Waals surface area (Å²) in [7, 11) is 3.36. The molecule has 0 aromatic heterocycles. The molecular formula is C18H27F3IN5O. The van der Waals surface area contributed by atoms with E-state index in [4.69, 9.17) is 0 Å². The highest BCUT2D eigenvalue weighted by atomic mass is 127. The molecule has 10 heteroatoms. The summed E-state index contributed by atoms with van der Waals surface area (Å²) in [4.78, 5) is 21.6. The number of carbonyl (C=O) groups excluding carboxylic acids is 1. The quantitative estimate of drug-likeness (QED) is 0.382. The second-order valence-electron chi connectivity index (χ2n) is 6.48. The lowest BCUT2D eigenvalue weighted by Gasteiger charge is -2.38. The van der Waals surface area contributed by atoms with E-state index in [2.05, 4.69) is 10.3 Å². The number of nitrogens with one attached hydrogen (secondary N) is 1. The average molecular weight is 513 g/mol. The van der Waals surface area contributed by atoms with Crippen molar-refractivity contribution in [1.82, 2.24) is 15.1 Å². The molecule has 2 rings (SSSR count). The number of likely N-dealkylation sites (N-methyl/N-ethyl adjacent to an activating group) is 1. The SMILES string of the molecule is CCNC(=NCC(=O)N(C)C)N1CCN(c2cccc(C(F)(F)F)c2)CC1.I. The van der Waals surface area contributed by atoms with Crippen molar-refractivity contribution in [1.29, 1.82) is 0 Å². The van der Waals surface area contributed by atoms with Gasteiger partial charge in [-0.2, -0.15) is 13.2 Å². The Kier molecular flexibility index (Phi) is 9.31. The third kappa shape index (κ3) is 6.71. The van der Waals surface area contributed by atoms with Crippen molar-refractivity contribution in [2.45, 2.75) is 13.1 Å². The number of piperazine rings is 1. The number of rotatable bonds is 4. The van der Waals surface area contributed by atoms with Crippen molar-refractivity contribution in [2.75, 3.05) is 58.3 Å². The molecule has 0 radical (unpaired) electrons. The predicted molar refractivity (Wildman–Crippen MR) is 115 cm³/mol. The van der Waals surface area contributed by atoms with Gasteiger partial charge in [0.2, 0.25) is 5.91 Å². The fourth-order valence-corrected chi connectivity index (χ4v) is 2.77. The first kappa shape index (κ1) is 24.3. The molecular weight excluding hydrogens is 486 g/mol. The van der Waals surface area contributed by atoms with E-state index in [0.29, 0.717) is 44.4 Å². The van der Waals surface area contributed by atoms with Crippen LogP contribution < -0.4 is 10.2 Å². The Balaban J connectivity index is 0.00000392. The Morgan fingerprint density at radius 2 is 1.86 bits per heavy atom. The minimum Gasteiger partial charge on any atom is -0.368 e. The molecule has 1 aromatic rings. The second kappa shape index (κ2) is 10.7. The lowest BCUT2D eigenvalue weighted by Crippen LogP contribution is -2.52. The molecule has 1 amide bonds. The standard InChI is InChI=1S/C18H26F3N5O.HI/c1-4-22-17(23-13-16(27)24(2)3)26-10-8-25(9-11-26)15-7-5-6-14(12-15)18(19,20)21;/h5-7,12H,4,8-11,13H2,1-3H3,(H,22,23);1H. The maximum absolute atomic E-state index is 12.9. The van der Waals surface area contributed by atoms with Gasteiger partial charge < -0.3 is 20.0 Å². The van der Waals surface area contributed by atoms with Gasteiger partial charge in [-0.25, -0.2) is 4.99 Å². The molecule has 0 atom stereocenters. The van der Waals surface area contributed by atoms with Gasteiger partial charge in [0.05, 0.1) is 5.56 Å². The normalized spacial score (nSPS) is 15.1. The van der Waals surface area contributed by atoms with E-state index in [1.807, 2.05) is 16.7 Å². The van der Waals surface area contributed by atoms with Crippen LogP contribution in [0.2, 0.25) is 0 Å². The maximum Gasteiger partial charge on any atom is 0.416 e. The highest BCUT2D eigenvalue weighted by Crippen LogP contribution is 2.31. The number of benzene rings is 1. The summed E-state index contributed by atoms with van der Waals surface area (Å²) in [5.41, 5.74) is -0.0753. The van der Waals surface area contributed by atoms with Crippen molar-refractivity contribution < 1.29 is 18.0 Å². The molecule has 1 N–H and O–H groups in total. The molecule has 6 nitrogen and oxygen atoms in total. The minimum absolute atomic E-state index is 0. The molecule has 158 valence electrons. The van der Waals surface area contributed by atoms with Crippen LogP contribution in [-0.4, -0.2) is 75.0 Å². The van der Waals surface area contributed by atoms with E-state index < -0.39 is 11.7 Å². The van der Waals surface area contributed by atoms with E-state index >= 15 is 0 Å². The molecule has 1 aliphatic rings. The lowest BCUT2D eigenvalue weighted by atomic mass is 10.1. The first-order valence-corrected chi connectivity index (χ1v) is 8.88. The second-order valence-corrected chi connectivity index (χ2v) is 6.48. The number of amides is 1. The van der Waals surface area contributed by atoms with Crippen LogP contribution in [0.1, 0.15) is 12.5 Å². The third-order valence-electron chi connectivity index (χ3n) is 4.32. The molecule has 0 unspecified atom stereocenters. The van der Waals surface area contributed by atoms with Gasteiger partial charge in [0.1, 0.15) is 6.54 Å². The number of halogens is 4. The Morgan fingerprint density at radius 3 is 2.39 bits per heavy atom. The summed E-state index contributed by atoms with van der Waals surface area (Å²) in [5.74, 6) is 0.560. The summed E-state index contributed by atoms with van der Waals surface area (Å²) in [6, 6.07) is 5.39. The van der Waals surface area contributed by atoms with Gasteiger partial charge >= 0.3 is 6.18 Å². The topological polar surface area (TPSA) is 51.2 Å². The van der Waals surface area contributed by atoms with E-state index in [0.717, 1.165) is 6.07 Å². The number of hydrogen-bond acceptors (Lipinski definition) is 3. The monoisotopic (exact) mass is 513 g/mol. The van der Waals surface area contributed by atoms with Gasteiger partial charge in [-0.1, -0.05) is 6.07 Å². The predicted octanol–water partition coefficient (Wildman–Crippen LogP) is 2.50. The van der Waals surface area contributed by atoms with Crippen molar-refractivity contribution in [2.24, 2.45) is 4.99 Å². The first-order valence-electron chi connectivity index (χ1n) is 8.88. The summed E-state index contributed by atoms with van der Waals surface area (Å²) in [5, 5.41) is 3.17. The fourth-order valence-electron chi connectivity index (χ4n) is 2.77. The summed E-state index contributed by atoms with van der Waals surface area (Å²) in [6.07, 6.45) is -4.35. The van der Waals surface area contributed by atoms with Gasteiger partial charge in [-0.05, 0) is 25.1 Å². The van der Waals surface area contributed by atoms with Crippen molar-refractivity contribution in [3.05, 3.63) is 29.8 Å². The van der Waals surface area contributed by atoms with Crippen LogP contribution in [0.5, 0.6) is 0 Å². The lowest BCUT2D eigenvalue weighted by molar-refractivity contribution is -0.137. The Labute approximate surface area is 180 Å². The van der Waals surface area contributed by atoms with Crippen LogP contribution in [0.3, 0.4) is 0 Å². The van der Waals surface area contributed by atoms with Crippen LogP contribution in [0.15, 0.2) is 29.3 Å². The molecule has 1 saturated heterocycles. The number of aliphatic imine (C=N–C) groups is 1. The molecule has 0 bridgehead atoms. The van der Waals surface area contributed by atoms with Gasteiger partial charge in [-0.3, -0.25) is 4.79 Å². The number of alkyl halides is 3. The van der Waals surface area contributed by atoms with E-state index in [9.17, 15) is 18.0 Å². The van der Waals surface area contributed by atoms with Crippen LogP contribution >= 0.6 is 24.0 Å². The minimum atomic E-state index is -4.35. The zero-order chi connectivity index (χ0) is 20.0. The van der Waals surface area contributed by atoms with Gasteiger partial charge in [-0.15, -0.1) is 24.0 Å². The molecule has 1 heterocycles. The van der Waals surface area contributed by atoms with Gasteiger partial charge in [0.25, 0.3) is 0 Å².